The van der Waals surface area contributed by atoms with E-state index in [0.29, 0.717) is 0 Å². The topological polar surface area (TPSA) is 9.23 Å². The van der Waals surface area contributed by atoms with Crippen LogP contribution in [-0.4, -0.2) is 0 Å². The number of hydrogen-bond acceptors (Lipinski definition) is 1. The summed E-state index contributed by atoms with van der Waals surface area (Å²) in [5.41, 5.74) is 0.881. The van der Waals surface area contributed by atoms with E-state index in [0.717, 1.165) is 0 Å². The molecule has 13 heavy (non-hydrogen) atoms. The standard InChI is InChI=1S/C12H12O/c1-12(9-5-6-10-13-12)11-7-3-2-4-8-11/h2-10H,1H3. The molecule has 2 rings (SSSR count). The van der Waals surface area contributed by atoms with Crippen LogP contribution in [0.25, 0.3) is 0 Å². The molecule has 0 radical (unpaired) electrons. The summed E-state index contributed by atoms with van der Waals surface area (Å²) in [5.74, 6) is 0. The fraction of sp³-hybridized carbons (Fsp3) is 0.167. The average Bonchev–Trinajstić information content (AvgIpc) is 2.20. The Hall–Kier alpha value is -1.50. The van der Waals surface area contributed by atoms with Gasteiger partial charge >= 0.3 is 0 Å². The first-order valence-corrected chi connectivity index (χ1v) is 4.39. The second-order valence-corrected chi connectivity index (χ2v) is 3.28. The Morgan fingerprint density at radius 3 is 2.46 bits per heavy atom. The monoisotopic (exact) mass is 172 g/mol. The Balaban J connectivity index is 2.35. The first-order chi connectivity index (χ1) is 6.31. The molecular weight excluding hydrogens is 160 g/mol. The molecule has 1 heteroatoms. The van der Waals surface area contributed by atoms with Crippen LogP contribution in [0.4, 0.5) is 0 Å². The third-order valence-corrected chi connectivity index (χ3v) is 2.26. The molecule has 0 saturated heterocycles. The molecule has 1 atom stereocenters. The van der Waals surface area contributed by atoms with E-state index in [2.05, 4.69) is 25.1 Å². The van der Waals surface area contributed by atoms with Crippen LogP contribution in [-0.2, 0) is 10.3 Å². The molecular formula is C12H12O. The highest BCUT2D eigenvalue weighted by Gasteiger charge is 2.24. The van der Waals surface area contributed by atoms with Gasteiger partial charge in [0.05, 0.1) is 6.26 Å². The predicted molar refractivity (Wildman–Crippen MR) is 53.2 cm³/mol. The molecule has 0 bridgehead atoms. The Bertz CT molecular complexity index is 337. The van der Waals surface area contributed by atoms with Crippen LogP contribution in [0.15, 0.2) is 54.8 Å². The van der Waals surface area contributed by atoms with Gasteiger partial charge in [0.15, 0.2) is 0 Å². The first kappa shape index (κ1) is 8.11. The largest absolute Gasteiger partial charge is 0.486 e. The zero-order valence-electron chi connectivity index (χ0n) is 7.60. The zero-order valence-corrected chi connectivity index (χ0v) is 7.60. The van der Waals surface area contributed by atoms with E-state index in [1.807, 2.05) is 30.4 Å². The molecule has 0 aliphatic carbocycles. The molecule has 0 saturated carbocycles. The van der Waals surface area contributed by atoms with Crippen LogP contribution in [0, 0.1) is 0 Å². The van der Waals surface area contributed by atoms with Crippen LogP contribution in [0.3, 0.4) is 0 Å². The number of rotatable bonds is 1. The molecule has 1 aliphatic rings. The molecule has 1 heterocycles. The summed E-state index contributed by atoms with van der Waals surface area (Å²) in [6, 6.07) is 10.2. The Kier molecular flexibility index (Phi) is 1.93. The number of hydrogen-bond donors (Lipinski definition) is 0. The van der Waals surface area contributed by atoms with Gasteiger partial charge in [0, 0.05) is 0 Å². The van der Waals surface area contributed by atoms with Gasteiger partial charge < -0.3 is 4.74 Å². The molecule has 0 N–H and O–H groups in total. The molecule has 0 fully saturated rings. The molecule has 66 valence electrons. The summed E-state index contributed by atoms with van der Waals surface area (Å²) in [7, 11) is 0. The lowest BCUT2D eigenvalue weighted by molar-refractivity contribution is 0.0814. The summed E-state index contributed by atoms with van der Waals surface area (Å²) in [5, 5.41) is 0. The van der Waals surface area contributed by atoms with E-state index in [4.69, 9.17) is 4.74 Å². The summed E-state index contributed by atoms with van der Waals surface area (Å²) in [6.07, 6.45) is 7.69. The minimum absolute atomic E-state index is 0.296. The maximum atomic E-state index is 5.58. The second kappa shape index (κ2) is 3.09. The van der Waals surface area contributed by atoms with Crippen LogP contribution in [0.5, 0.6) is 0 Å². The maximum Gasteiger partial charge on any atom is 0.149 e. The van der Waals surface area contributed by atoms with E-state index < -0.39 is 0 Å². The molecule has 0 amide bonds. The lowest BCUT2D eigenvalue weighted by atomic mass is 9.94. The van der Waals surface area contributed by atoms with Gasteiger partial charge in [0.1, 0.15) is 5.60 Å². The number of benzene rings is 1. The number of ether oxygens (including phenoxy) is 1. The van der Waals surface area contributed by atoms with E-state index in [1.165, 1.54) is 5.56 Å². The van der Waals surface area contributed by atoms with E-state index in [-0.39, 0.29) is 5.60 Å². The van der Waals surface area contributed by atoms with Crippen molar-refractivity contribution in [3.63, 3.8) is 0 Å². The summed E-state index contributed by atoms with van der Waals surface area (Å²) in [6.45, 7) is 2.06. The molecule has 1 nitrogen and oxygen atoms in total. The predicted octanol–water partition coefficient (Wildman–Crippen LogP) is 3.00. The third-order valence-electron chi connectivity index (χ3n) is 2.26. The highest BCUT2D eigenvalue weighted by atomic mass is 16.5. The fourth-order valence-corrected chi connectivity index (χ4v) is 1.44. The van der Waals surface area contributed by atoms with E-state index in [9.17, 15) is 0 Å². The smallest absolute Gasteiger partial charge is 0.149 e. The van der Waals surface area contributed by atoms with Crippen molar-refractivity contribution in [3.05, 3.63) is 60.4 Å². The summed E-state index contributed by atoms with van der Waals surface area (Å²) < 4.78 is 5.58. The van der Waals surface area contributed by atoms with Crippen LogP contribution in [0.2, 0.25) is 0 Å². The Morgan fingerprint density at radius 2 is 1.85 bits per heavy atom. The lowest BCUT2D eigenvalue weighted by Gasteiger charge is -2.27. The van der Waals surface area contributed by atoms with Crippen molar-refractivity contribution in [2.45, 2.75) is 12.5 Å². The normalized spacial score (nSPS) is 25.6. The van der Waals surface area contributed by atoms with E-state index in [1.54, 1.807) is 6.26 Å². The van der Waals surface area contributed by atoms with Crippen molar-refractivity contribution < 1.29 is 4.74 Å². The van der Waals surface area contributed by atoms with Crippen molar-refractivity contribution >= 4 is 0 Å². The lowest BCUT2D eigenvalue weighted by Crippen LogP contribution is -2.21. The summed E-state index contributed by atoms with van der Waals surface area (Å²) in [4.78, 5) is 0. The van der Waals surface area contributed by atoms with Crippen LogP contribution < -0.4 is 0 Å². The van der Waals surface area contributed by atoms with Gasteiger partial charge in [-0.3, -0.25) is 0 Å². The molecule has 1 aromatic carbocycles. The maximum absolute atomic E-state index is 5.58. The van der Waals surface area contributed by atoms with E-state index >= 15 is 0 Å². The van der Waals surface area contributed by atoms with Crippen molar-refractivity contribution in [2.75, 3.05) is 0 Å². The van der Waals surface area contributed by atoms with Crippen molar-refractivity contribution in [2.24, 2.45) is 0 Å². The second-order valence-electron chi connectivity index (χ2n) is 3.28. The highest BCUT2D eigenvalue weighted by Crippen LogP contribution is 2.28. The molecule has 1 aromatic rings. The van der Waals surface area contributed by atoms with Crippen molar-refractivity contribution in [3.8, 4) is 0 Å². The van der Waals surface area contributed by atoms with Gasteiger partial charge in [-0.1, -0.05) is 36.4 Å². The first-order valence-electron chi connectivity index (χ1n) is 4.39. The Morgan fingerprint density at radius 1 is 1.08 bits per heavy atom. The molecule has 0 spiro atoms. The van der Waals surface area contributed by atoms with Gasteiger partial charge in [-0.05, 0) is 24.6 Å². The van der Waals surface area contributed by atoms with Gasteiger partial charge in [0.2, 0.25) is 0 Å². The summed E-state index contributed by atoms with van der Waals surface area (Å²) >= 11 is 0. The Labute approximate surface area is 78.3 Å². The third kappa shape index (κ3) is 1.50. The fourth-order valence-electron chi connectivity index (χ4n) is 1.44. The molecule has 0 aromatic heterocycles. The minimum Gasteiger partial charge on any atom is -0.486 e. The SMILES string of the molecule is CC1(c2ccccc2)C=CC=CO1. The number of allylic oxidation sites excluding steroid dienone is 2. The molecule has 1 aliphatic heterocycles. The quantitative estimate of drug-likeness (QED) is 0.632. The average molecular weight is 172 g/mol. The van der Waals surface area contributed by atoms with Crippen molar-refractivity contribution in [1.82, 2.24) is 0 Å². The van der Waals surface area contributed by atoms with Crippen LogP contribution in [0.1, 0.15) is 12.5 Å². The minimum atomic E-state index is -0.296. The van der Waals surface area contributed by atoms with Crippen LogP contribution >= 0.6 is 0 Å². The zero-order chi connectivity index (χ0) is 9.15. The van der Waals surface area contributed by atoms with Crippen molar-refractivity contribution in [1.29, 1.82) is 0 Å². The van der Waals surface area contributed by atoms with Gasteiger partial charge in [-0.2, -0.15) is 0 Å². The highest BCUT2D eigenvalue weighted by molar-refractivity contribution is 5.29. The van der Waals surface area contributed by atoms with Gasteiger partial charge in [-0.25, -0.2) is 0 Å². The van der Waals surface area contributed by atoms with Gasteiger partial charge in [-0.15, -0.1) is 0 Å². The van der Waals surface area contributed by atoms with Gasteiger partial charge in [0.25, 0.3) is 0 Å². The molecule has 1 unspecified atom stereocenters.